The van der Waals surface area contributed by atoms with E-state index in [9.17, 15) is 4.79 Å². The molecule has 0 spiro atoms. The van der Waals surface area contributed by atoms with Gasteiger partial charge in [0.15, 0.2) is 0 Å². The molecule has 1 aliphatic rings. The highest BCUT2D eigenvalue weighted by Gasteiger charge is 2.30. The second-order valence-corrected chi connectivity index (χ2v) is 9.39. The fourth-order valence-corrected chi connectivity index (χ4v) is 3.52. The molecule has 1 heterocycles. The molecule has 0 aromatic rings. The minimum Gasteiger partial charge on any atom is -0.748 e. The van der Waals surface area contributed by atoms with Crippen molar-refractivity contribution in [2.24, 2.45) is 0 Å². The van der Waals surface area contributed by atoms with Gasteiger partial charge in [-0.2, -0.15) is 0 Å². The summed E-state index contributed by atoms with van der Waals surface area (Å²) in [5.74, 6) is 3.25. The third kappa shape index (κ3) is 17.7. The molecule has 0 unspecified atom stereocenters. The molecule has 1 saturated heterocycles. The molecule has 0 aliphatic carbocycles. The Balaban J connectivity index is 0.00000129. The van der Waals surface area contributed by atoms with E-state index in [1.807, 2.05) is 0 Å². The molecule has 164 valence electrons. The van der Waals surface area contributed by atoms with E-state index >= 15 is 0 Å². The van der Waals surface area contributed by atoms with Crippen molar-refractivity contribution >= 4 is 38.7 Å². The number of quaternary nitrogens is 1. The van der Waals surface area contributed by atoms with Crippen LogP contribution in [0.5, 0.6) is 0 Å². The number of hydrogen-bond acceptors (Lipinski definition) is 5. The fraction of sp³-hybridized carbons (Fsp3) is 0.850. The van der Waals surface area contributed by atoms with Crippen molar-refractivity contribution in [1.29, 1.82) is 0 Å². The fourth-order valence-electron chi connectivity index (χ4n) is 3.34. The quantitative estimate of drug-likeness (QED) is 0.0959. The first-order chi connectivity index (χ1) is 13.2. The zero-order valence-electron chi connectivity index (χ0n) is 17.4. The summed E-state index contributed by atoms with van der Waals surface area (Å²) in [6.45, 7) is 7.58. The Morgan fingerprint density at radius 1 is 1.11 bits per heavy atom. The number of nitrogens with zero attached hydrogens (tertiary/aromatic N) is 1. The Morgan fingerprint density at radius 3 is 2.29 bits per heavy atom. The summed E-state index contributed by atoms with van der Waals surface area (Å²) in [7, 11) is -3.92. The second kappa shape index (κ2) is 16.4. The van der Waals surface area contributed by atoms with Crippen molar-refractivity contribution in [1.82, 2.24) is 0 Å². The van der Waals surface area contributed by atoms with Gasteiger partial charge in [0, 0.05) is 48.1 Å². The summed E-state index contributed by atoms with van der Waals surface area (Å²) in [5.41, 5.74) is 0. The van der Waals surface area contributed by atoms with E-state index in [0.717, 1.165) is 25.8 Å². The minimum atomic E-state index is -3.92. The Hall–Kier alpha value is -0.370. The number of unbranched alkanes of at least 4 members (excludes halogenated alkanes) is 5. The van der Waals surface area contributed by atoms with E-state index in [2.05, 4.69) is 39.4 Å². The molecule has 6 nitrogen and oxygen atoms in total. The molecule has 0 aromatic carbocycles. The number of carbonyl (C=O) groups excluding carboxylic acids is 1. The van der Waals surface area contributed by atoms with Crippen LogP contribution in [0.3, 0.4) is 0 Å². The monoisotopic (exact) mass is 529 g/mol. The highest BCUT2D eigenvalue weighted by atomic mass is 127. The number of hydrogen-bond donors (Lipinski definition) is 0. The lowest BCUT2D eigenvalue weighted by Gasteiger charge is -2.32. The smallest absolute Gasteiger partial charge is 0.305 e. The molecule has 28 heavy (non-hydrogen) atoms. The van der Waals surface area contributed by atoms with E-state index in [4.69, 9.17) is 17.7 Å². The third-order valence-electron chi connectivity index (χ3n) is 4.77. The van der Waals surface area contributed by atoms with Gasteiger partial charge in [-0.25, -0.2) is 8.42 Å². The van der Waals surface area contributed by atoms with E-state index in [0.29, 0.717) is 19.3 Å². The lowest BCUT2D eigenvalue weighted by Crippen LogP contribution is -2.46. The zero-order valence-corrected chi connectivity index (χ0v) is 20.4. The number of esters is 1. The average molecular weight is 529 g/mol. The molecule has 0 N–H and O–H groups in total. The van der Waals surface area contributed by atoms with E-state index in [1.165, 1.54) is 62.6 Å². The number of rotatable bonds is 12. The van der Waals surface area contributed by atoms with Gasteiger partial charge in [-0.1, -0.05) is 26.2 Å². The SMILES string of the molecule is CCCCCCOC(=O)CCCCC[N+]1(CC#CI)CCCC1.CS(=O)(=O)[O-]. The highest BCUT2D eigenvalue weighted by Crippen LogP contribution is 2.20. The summed E-state index contributed by atoms with van der Waals surface area (Å²) in [6.07, 6.45) is 11.8. The van der Waals surface area contributed by atoms with Crippen LogP contribution in [0.2, 0.25) is 0 Å². The lowest BCUT2D eigenvalue weighted by atomic mass is 10.1. The first-order valence-electron chi connectivity index (χ1n) is 10.2. The first kappa shape index (κ1) is 27.6. The van der Waals surface area contributed by atoms with E-state index in [-0.39, 0.29) is 5.97 Å². The van der Waals surface area contributed by atoms with E-state index < -0.39 is 10.1 Å². The van der Waals surface area contributed by atoms with Crippen LogP contribution in [0, 0.1) is 9.85 Å². The van der Waals surface area contributed by atoms with Gasteiger partial charge in [-0.05, 0) is 35.5 Å². The maximum atomic E-state index is 11.7. The molecule has 1 rings (SSSR count). The lowest BCUT2D eigenvalue weighted by molar-refractivity contribution is -0.910. The molecular formula is C20H36INO5S. The van der Waals surface area contributed by atoms with Crippen LogP contribution in [-0.4, -0.2) is 62.5 Å². The molecule has 0 amide bonds. The van der Waals surface area contributed by atoms with E-state index in [1.54, 1.807) is 0 Å². The van der Waals surface area contributed by atoms with Crippen LogP contribution in [0.15, 0.2) is 0 Å². The maximum absolute atomic E-state index is 11.7. The molecule has 1 aliphatic heterocycles. The first-order valence-corrected chi connectivity index (χ1v) is 13.1. The average Bonchev–Trinajstić information content (AvgIpc) is 3.07. The molecule has 1 fully saturated rings. The van der Waals surface area contributed by atoms with Crippen LogP contribution in [-0.2, 0) is 19.6 Å². The Labute approximate surface area is 185 Å². The van der Waals surface area contributed by atoms with Crippen LogP contribution in [0.4, 0.5) is 0 Å². The number of halogens is 1. The van der Waals surface area contributed by atoms with Crippen molar-refractivity contribution in [2.75, 3.05) is 39.0 Å². The van der Waals surface area contributed by atoms with Crippen molar-refractivity contribution in [3.63, 3.8) is 0 Å². The zero-order chi connectivity index (χ0) is 21.3. The molecule has 8 heteroatoms. The number of carbonyl (C=O) groups is 1. The van der Waals surface area contributed by atoms with Crippen molar-refractivity contribution < 1.29 is 27.0 Å². The van der Waals surface area contributed by atoms with Crippen LogP contribution in [0.1, 0.15) is 71.1 Å². The van der Waals surface area contributed by atoms with Crippen LogP contribution in [0.25, 0.3) is 0 Å². The maximum Gasteiger partial charge on any atom is 0.305 e. The van der Waals surface area contributed by atoms with Gasteiger partial charge in [0.2, 0.25) is 0 Å². The minimum absolute atomic E-state index is 0.0117. The predicted octanol–water partition coefficient (Wildman–Crippen LogP) is 3.84. The molecule has 0 bridgehead atoms. The number of ether oxygens (including phenoxy) is 1. The van der Waals surface area contributed by atoms with Crippen molar-refractivity contribution in [3.05, 3.63) is 0 Å². The topological polar surface area (TPSA) is 83.5 Å². The second-order valence-electron chi connectivity index (χ2n) is 7.44. The predicted molar refractivity (Wildman–Crippen MR) is 120 cm³/mol. The highest BCUT2D eigenvalue weighted by molar-refractivity contribution is 14.1. The summed E-state index contributed by atoms with van der Waals surface area (Å²) in [6, 6.07) is 0. The van der Waals surface area contributed by atoms with Crippen molar-refractivity contribution in [2.45, 2.75) is 71.1 Å². The van der Waals surface area contributed by atoms with Crippen molar-refractivity contribution in [3.8, 4) is 9.85 Å². The largest absolute Gasteiger partial charge is 0.748 e. The molecule has 0 saturated carbocycles. The normalized spacial score (nSPS) is 15.1. The number of likely N-dealkylation sites (tertiary alicyclic amines) is 1. The molecule has 0 aromatic heterocycles. The van der Waals surface area contributed by atoms with Gasteiger partial charge in [-0.3, -0.25) is 4.79 Å². The van der Waals surface area contributed by atoms with Gasteiger partial charge in [0.25, 0.3) is 0 Å². The molecular weight excluding hydrogens is 493 g/mol. The molecule has 0 atom stereocenters. The Bertz CT molecular complexity index is 569. The Morgan fingerprint density at radius 2 is 1.71 bits per heavy atom. The standard InChI is InChI=1S/C19H33INO2.CH4O3S/c1-2-3-4-10-18-23-19(22)12-6-5-7-14-21(17-11-13-20)15-8-9-16-21;1-5(2,3)4/h2-10,12,14-18H2,1H3;1H3,(H,2,3,4)/q+1;/p-1. The Kier molecular flexibility index (Phi) is 16.2. The van der Waals surface area contributed by atoms with Crippen LogP contribution >= 0.6 is 22.6 Å². The summed E-state index contributed by atoms with van der Waals surface area (Å²) in [4.78, 5) is 11.7. The summed E-state index contributed by atoms with van der Waals surface area (Å²) < 4.78 is 36.7. The third-order valence-corrected chi connectivity index (χ3v) is 5.15. The van der Waals surface area contributed by atoms with Gasteiger partial charge in [-0.15, -0.1) is 0 Å². The van der Waals surface area contributed by atoms with Gasteiger partial charge in [0.1, 0.15) is 6.54 Å². The van der Waals surface area contributed by atoms with Crippen LogP contribution < -0.4 is 0 Å². The van der Waals surface area contributed by atoms with Gasteiger partial charge >= 0.3 is 5.97 Å². The van der Waals surface area contributed by atoms with Gasteiger partial charge in [0.05, 0.1) is 36.4 Å². The summed E-state index contributed by atoms with van der Waals surface area (Å²) >= 11 is 2.13. The molecule has 0 radical (unpaired) electrons. The summed E-state index contributed by atoms with van der Waals surface area (Å²) in [5, 5.41) is 0. The van der Waals surface area contributed by atoms with Gasteiger partial charge < -0.3 is 13.8 Å².